The van der Waals surface area contributed by atoms with E-state index in [2.05, 4.69) is 15.5 Å². The normalized spacial score (nSPS) is 14.5. The first-order valence-corrected chi connectivity index (χ1v) is 9.00. The topological polar surface area (TPSA) is 93.5 Å². The van der Waals surface area contributed by atoms with Gasteiger partial charge in [0, 0.05) is 31.7 Å². The number of nitrogens with zero attached hydrogens (tertiary/aromatic N) is 6. The number of hydrogen-bond acceptors (Lipinski definition) is 6. The van der Waals surface area contributed by atoms with Crippen molar-refractivity contribution in [1.82, 2.24) is 30.0 Å². The molecule has 0 atom stereocenters. The first-order valence-electron chi connectivity index (χ1n) is 9.00. The Labute approximate surface area is 157 Å². The highest BCUT2D eigenvalue weighted by atomic mass is 16.6. The first-order chi connectivity index (χ1) is 13.0. The molecule has 0 aliphatic carbocycles. The molecule has 0 saturated carbocycles. The van der Waals surface area contributed by atoms with Crippen molar-refractivity contribution in [1.29, 1.82) is 0 Å². The third-order valence-electron chi connectivity index (χ3n) is 4.40. The van der Waals surface area contributed by atoms with Gasteiger partial charge in [-0.25, -0.2) is 9.48 Å². The molecule has 0 radical (unpaired) electrons. The zero-order chi connectivity index (χ0) is 19.4. The van der Waals surface area contributed by atoms with Crippen LogP contribution in [0.1, 0.15) is 29.8 Å². The Morgan fingerprint density at radius 3 is 2.44 bits per heavy atom. The molecule has 1 aliphatic heterocycles. The fourth-order valence-electron chi connectivity index (χ4n) is 2.92. The quantitative estimate of drug-likeness (QED) is 0.808. The van der Waals surface area contributed by atoms with Gasteiger partial charge in [0.2, 0.25) is 0 Å². The molecule has 3 rings (SSSR count). The lowest BCUT2D eigenvalue weighted by atomic mass is 10.1. The van der Waals surface area contributed by atoms with Crippen molar-refractivity contribution < 1.29 is 14.3 Å². The third-order valence-corrected chi connectivity index (χ3v) is 4.40. The van der Waals surface area contributed by atoms with E-state index in [0.29, 0.717) is 44.3 Å². The number of hydrogen-bond donors (Lipinski definition) is 0. The number of amides is 2. The Hall–Kier alpha value is -2.97. The van der Waals surface area contributed by atoms with Gasteiger partial charge in [-0.15, -0.1) is 5.10 Å². The van der Waals surface area contributed by atoms with Gasteiger partial charge in [-0.3, -0.25) is 4.79 Å². The summed E-state index contributed by atoms with van der Waals surface area (Å²) in [5.41, 5.74) is 2.35. The zero-order valence-corrected chi connectivity index (χ0v) is 15.8. The van der Waals surface area contributed by atoms with Gasteiger partial charge in [0.15, 0.2) is 0 Å². The summed E-state index contributed by atoms with van der Waals surface area (Å²) < 4.78 is 6.81. The molecule has 2 amide bonds. The highest BCUT2D eigenvalue weighted by molar-refractivity contribution is 5.94. The molecule has 1 saturated heterocycles. The number of rotatable bonds is 4. The maximum absolute atomic E-state index is 12.8. The molecule has 0 N–H and O–H groups in total. The Morgan fingerprint density at radius 1 is 1.15 bits per heavy atom. The van der Waals surface area contributed by atoms with Crippen molar-refractivity contribution >= 4 is 12.0 Å². The van der Waals surface area contributed by atoms with Crippen molar-refractivity contribution in [2.45, 2.75) is 20.8 Å². The van der Waals surface area contributed by atoms with E-state index in [4.69, 9.17) is 4.74 Å². The van der Waals surface area contributed by atoms with Crippen LogP contribution in [-0.4, -0.2) is 74.8 Å². The SMILES string of the molecule is Cc1cc(C(=O)N2CCN(C(=O)OCC(C)C)CC2)ccc1-n1cnnn1. The van der Waals surface area contributed by atoms with E-state index < -0.39 is 0 Å². The minimum atomic E-state index is -0.308. The van der Waals surface area contributed by atoms with Crippen molar-refractivity contribution in [3.63, 3.8) is 0 Å². The number of ether oxygens (including phenoxy) is 1. The van der Waals surface area contributed by atoms with E-state index in [1.54, 1.807) is 20.5 Å². The second-order valence-corrected chi connectivity index (χ2v) is 7.01. The molecule has 2 heterocycles. The molecular formula is C18H24N6O3. The number of carbonyl (C=O) groups excluding carboxylic acids is 2. The number of piperazine rings is 1. The highest BCUT2D eigenvalue weighted by Gasteiger charge is 2.26. The monoisotopic (exact) mass is 372 g/mol. The highest BCUT2D eigenvalue weighted by Crippen LogP contribution is 2.17. The largest absolute Gasteiger partial charge is 0.449 e. The van der Waals surface area contributed by atoms with Gasteiger partial charge in [0.05, 0.1) is 12.3 Å². The van der Waals surface area contributed by atoms with E-state index in [0.717, 1.165) is 11.3 Å². The Balaban J connectivity index is 1.59. The molecule has 1 aromatic heterocycles. The van der Waals surface area contributed by atoms with Crippen LogP contribution in [0, 0.1) is 12.8 Å². The summed E-state index contributed by atoms with van der Waals surface area (Å²) in [5.74, 6) is 0.257. The van der Waals surface area contributed by atoms with E-state index in [1.165, 1.54) is 6.33 Å². The summed E-state index contributed by atoms with van der Waals surface area (Å²) in [6.07, 6.45) is 1.21. The van der Waals surface area contributed by atoms with E-state index in [-0.39, 0.29) is 12.0 Å². The van der Waals surface area contributed by atoms with E-state index >= 15 is 0 Å². The van der Waals surface area contributed by atoms with Crippen molar-refractivity contribution in [3.8, 4) is 5.69 Å². The molecule has 0 bridgehead atoms. The average Bonchev–Trinajstić information content (AvgIpc) is 3.20. The number of tetrazole rings is 1. The van der Waals surface area contributed by atoms with Gasteiger partial charge < -0.3 is 14.5 Å². The van der Waals surface area contributed by atoms with E-state index in [9.17, 15) is 9.59 Å². The fraction of sp³-hybridized carbons (Fsp3) is 0.500. The summed E-state index contributed by atoms with van der Waals surface area (Å²) in [6.45, 7) is 8.25. The van der Waals surface area contributed by atoms with Crippen LogP contribution in [0.5, 0.6) is 0 Å². The van der Waals surface area contributed by atoms with Gasteiger partial charge in [-0.2, -0.15) is 0 Å². The Kier molecular flexibility index (Phi) is 5.68. The molecule has 27 heavy (non-hydrogen) atoms. The van der Waals surface area contributed by atoms with Crippen molar-refractivity contribution in [2.24, 2.45) is 5.92 Å². The first kappa shape index (κ1) is 18.8. The lowest BCUT2D eigenvalue weighted by molar-refractivity contribution is 0.0535. The van der Waals surface area contributed by atoms with Crippen LogP contribution in [0.15, 0.2) is 24.5 Å². The standard InChI is InChI=1S/C18H24N6O3/c1-13(2)11-27-18(26)23-8-6-22(7-9-23)17(25)15-4-5-16(14(3)10-15)24-12-19-20-21-24/h4-5,10,12-13H,6-9,11H2,1-3H3. The van der Waals surface area contributed by atoms with Gasteiger partial charge in [0.25, 0.3) is 5.91 Å². The van der Waals surface area contributed by atoms with Crippen LogP contribution in [0.4, 0.5) is 4.79 Å². The predicted molar refractivity (Wildman–Crippen MR) is 97.6 cm³/mol. The minimum Gasteiger partial charge on any atom is -0.449 e. The molecule has 0 unspecified atom stereocenters. The molecule has 0 spiro atoms. The van der Waals surface area contributed by atoms with Gasteiger partial charge >= 0.3 is 6.09 Å². The molecule has 1 aliphatic rings. The van der Waals surface area contributed by atoms with Gasteiger partial charge in [-0.05, 0) is 47.0 Å². The van der Waals surface area contributed by atoms with Gasteiger partial charge in [0.1, 0.15) is 6.33 Å². The predicted octanol–water partition coefficient (Wildman–Crippen LogP) is 1.52. The lowest BCUT2D eigenvalue weighted by Crippen LogP contribution is -2.50. The van der Waals surface area contributed by atoms with Gasteiger partial charge in [-0.1, -0.05) is 13.8 Å². The fourth-order valence-corrected chi connectivity index (χ4v) is 2.92. The van der Waals surface area contributed by atoms with Crippen LogP contribution < -0.4 is 0 Å². The molecule has 144 valence electrons. The molecule has 2 aromatic rings. The molecule has 1 aromatic carbocycles. The number of aromatic nitrogens is 4. The number of benzene rings is 1. The summed E-state index contributed by atoms with van der Waals surface area (Å²) in [7, 11) is 0. The number of carbonyl (C=O) groups is 2. The zero-order valence-electron chi connectivity index (χ0n) is 15.8. The Morgan fingerprint density at radius 2 is 1.85 bits per heavy atom. The summed E-state index contributed by atoms with van der Waals surface area (Å²) in [6, 6.07) is 5.44. The van der Waals surface area contributed by atoms with Crippen molar-refractivity contribution in [2.75, 3.05) is 32.8 Å². The average molecular weight is 372 g/mol. The maximum atomic E-state index is 12.8. The second kappa shape index (κ2) is 8.15. The van der Waals surface area contributed by atoms with Crippen LogP contribution in [0.25, 0.3) is 5.69 Å². The van der Waals surface area contributed by atoms with Crippen molar-refractivity contribution in [3.05, 3.63) is 35.7 Å². The van der Waals surface area contributed by atoms with Crippen LogP contribution >= 0.6 is 0 Å². The molecular weight excluding hydrogens is 348 g/mol. The molecule has 1 fully saturated rings. The van der Waals surface area contributed by atoms with E-state index in [1.807, 2.05) is 32.9 Å². The maximum Gasteiger partial charge on any atom is 0.409 e. The van der Waals surface area contributed by atoms with Crippen LogP contribution in [0.3, 0.4) is 0 Å². The molecule has 9 heteroatoms. The molecule has 9 nitrogen and oxygen atoms in total. The minimum absolute atomic E-state index is 0.0448. The summed E-state index contributed by atoms with van der Waals surface area (Å²) >= 11 is 0. The summed E-state index contributed by atoms with van der Waals surface area (Å²) in [5, 5.41) is 11.1. The van der Waals surface area contributed by atoms with Crippen LogP contribution in [0.2, 0.25) is 0 Å². The smallest absolute Gasteiger partial charge is 0.409 e. The Bertz CT molecular complexity index is 797. The second-order valence-electron chi connectivity index (χ2n) is 7.01. The van der Waals surface area contributed by atoms with Crippen LogP contribution in [-0.2, 0) is 4.74 Å². The summed E-state index contributed by atoms with van der Waals surface area (Å²) in [4.78, 5) is 28.2. The third kappa shape index (κ3) is 4.42. The number of aryl methyl sites for hydroxylation is 1. The lowest BCUT2D eigenvalue weighted by Gasteiger charge is -2.34.